The highest BCUT2D eigenvalue weighted by molar-refractivity contribution is 5.75. The van der Waals surface area contributed by atoms with Gasteiger partial charge in [0.15, 0.2) is 0 Å². The van der Waals surface area contributed by atoms with Crippen LogP contribution in [0.5, 0.6) is 0 Å². The van der Waals surface area contributed by atoms with E-state index < -0.39 is 60.6 Å². The van der Waals surface area contributed by atoms with E-state index in [1.54, 1.807) is 0 Å². The second-order valence-electron chi connectivity index (χ2n) is 5.61. The lowest BCUT2D eigenvalue weighted by molar-refractivity contribution is -0.379. The second-order valence-corrected chi connectivity index (χ2v) is 5.61. The van der Waals surface area contributed by atoms with Gasteiger partial charge in [-0.2, -0.15) is 0 Å². The van der Waals surface area contributed by atoms with E-state index in [1.165, 1.54) is 0 Å². The number of aliphatic hydroxyl groups excluding tert-OH is 3. The number of carbonyl (C=O) groups excluding carboxylic acids is 2. The third-order valence-electron chi connectivity index (χ3n) is 3.52. The summed E-state index contributed by atoms with van der Waals surface area (Å²) in [6.07, 6.45) is -6.19. The van der Waals surface area contributed by atoms with E-state index in [0.29, 0.717) is 0 Å². The summed E-state index contributed by atoms with van der Waals surface area (Å²) in [5.41, 5.74) is -2.00. The smallest absolute Gasteiger partial charge is 0.217 e. The van der Waals surface area contributed by atoms with E-state index in [-0.39, 0.29) is 0 Å². The van der Waals surface area contributed by atoms with E-state index in [4.69, 9.17) is 9.84 Å². The first-order valence-electron chi connectivity index (χ1n) is 6.52. The van der Waals surface area contributed by atoms with Crippen LogP contribution in [-0.2, 0) is 14.3 Å². The Labute approximate surface area is 125 Å². The molecule has 0 aromatic rings. The maximum absolute atomic E-state index is 11.2. The Hall–Kier alpha value is -1.30. The highest BCUT2D eigenvalue weighted by Gasteiger charge is 2.56. The molecule has 6 N–H and O–H groups in total. The lowest BCUT2D eigenvalue weighted by Gasteiger charge is -2.51. The van der Waals surface area contributed by atoms with Gasteiger partial charge in [0.05, 0.1) is 18.2 Å². The van der Waals surface area contributed by atoms with Crippen LogP contribution in [0.4, 0.5) is 0 Å². The zero-order valence-electron chi connectivity index (χ0n) is 12.1. The number of hydrogen-bond donors (Lipinski definition) is 6. The summed E-state index contributed by atoms with van der Waals surface area (Å²) in [6.45, 7) is 1.34. The van der Waals surface area contributed by atoms with Crippen molar-refractivity contribution in [3.8, 4) is 0 Å². The van der Waals surface area contributed by atoms with Crippen molar-refractivity contribution in [3.63, 3.8) is 0 Å². The molecule has 10 heteroatoms. The number of hydrogen-bond acceptors (Lipinski definition) is 9. The Morgan fingerprint density at radius 1 is 1.41 bits per heavy atom. The van der Waals surface area contributed by atoms with Crippen molar-refractivity contribution in [2.45, 2.75) is 56.0 Å². The third kappa shape index (κ3) is 3.72. The number of ether oxygens (including phenoxy) is 1. The zero-order valence-corrected chi connectivity index (χ0v) is 12.1. The van der Waals surface area contributed by atoms with Crippen LogP contribution in [0.3, 0.4) is 0 Å². The van der Waals surface area contributed by atoms with Crippen LogP contribution in [0.25, 0.3) is 0 Å². The maximum atomic E-state index is 11.2. The Morgan fingerprint density at radius 2 is 1.95 bits per heavy atom. The van der Waals surface area contributed by atoms with Gasteiger partial charge in [-0.15, -0.1) is 0 Å². The first-order chi connectivity index (χ1) is 9.94. The van der Waals surface area contributed by atoms with Gasteiger partial charge in [-0.05, 0) is 6.92 Å². The number of carboxylic acids is 1. The van der Waals surface area contributed by atoms with Gasteiger partial charge < -0.3 is 45.5 Å². The summed E-state index contributed by atoms with van der Waals surface area (Å²) in [4.78, 5) is 22.3. The highest BCUT2D eigenvalue weighted by atomic mass is 16.7. The monoisotopic (exact) mass is 322 g/mol. The molecule has 1 amide bonds. The fourth-order valence-corrected chi connectivity index (χ4v) is 2.45. The van der Waals surface area contributed by atoms with E-state index in [2.05, 4.69) is 5.32 Å². The molecule has 1 aliphatic heterocycles. The second kappa shape index (κ2) is 6.44. The van der Waals surface area contributed by atoms with Crippen LogP contribution >= 0.6 is 0 Å². The fourth-order valence-electron chi connectivity index (χ4n) is 2.45. The van der Waals surface area contributed by atoms with Gasteiger partial charge in [0.2, 0.25) is 11.7 Å². The molecular formula is C12H20NO9-. The predicted molar refractivity (Wildman–Crippen MR) is 66.8 cm³/mol. The molecule has 0 aromatic heterocycles. The SMILES string of the molecule is CC(=O)N[C@H]1[C@H]([C@H](O)[C@H](O)CO)O[C@](O)(C(=O)[O-])C[C@@]1(C)O. The lowest BCUT2D eigenvalue weighted by atomic mass is 9.79. The summed E-state index contributed by atoms with van der Waals surface area (Å²) in [6, 6.07) is -1.35. The van der Waals surface area contributed by atoms with Crippen molar-refractivity contribution in [1.82, 2.24) is 5.32 Å². The van der Waals surface area contributed by atoms with Crippen LogP contribution in [0.1, 0.15) is 20.3 Å². The molecule has 0 bridgehead atoms. The topological polar surface area (TPSA) is 180 Å². The Bertz CT molecular complexity index is 440. The molecule has 1 aliphatic rings. The number of aliphatic carboxylic acids is 1. The summed E-state index contributed by atoms with van der Waals surface area (Å²) < 4.78 is 4.87. The highest BCUT2D eigenvalue weighted by Crippen LogP contribution is 2.36. The van der Waals surface area contributed by atoms with Gasteiger partial charge in [-0.25, -0.2) is 0 Å². The minimum Gasteiger partial charge on any atom is -0.544 e. The van der Waals surface area contributed by atoms with Crippen LogP contribution in [0.2, 0.25) is 0 Å². The van der Waals surface area contributed by atoms with Gasteiger partial charge in [0.25, 0.3) is 0 Å². The molecule has 1 saturated heterocycles. The molecular weight excluding hydrogens is 302 g/mol. The summed E-state index contributed by atoms with van der Waals surface area (Å²) in [7, 11) is 0. The molecule has 1 fully saturated rings. The quantitative estimate of drug-likeness (QED) is 0.289. The van der Waals surface area contributed by atoms with E-state index in [0.717, 1.165) is 13.8 Å². The van der Waals surface area contributed by atoms with E-state index in [9.17, 15) is 35.1 Å². The van der Waals surface area contributed by atoms with Crippen molar-refractivity contribution in [2.75, 3.05) is 6.61 Å². The lowest BCUT2D eigenvalue weighted by Crippen LogP contribution is -2.72. The number of rotatable bonds is 5. The largest absolute Gasteiger partial charge is 0.544 e. The van der Waals surface area contributed by atoms with E-state index in [1.807, 2.05) is 0 Å². The van der Waals surface area contributed by atoms with Gasteiger partial charge in [-0.1, -0.05) is 0 Å². The molecule has 1 heterocycles. The molecule has 0 spiro atoms. The number of aliphatic hydroxyl groups is 5. The predicted octanol–water partition coefficient (Wildman–Crippen LogP) is -4.82. The minimum atomic E-state index is -2.93. The first-order valence-corrected chi connectivity index (χ1v) is 6.52. The number of carbonyl (C=O) groups is 2. The van der Waals surface area contributed by atoms with Crippen molar-refractivity contribution in [3.05, 3.63) is 0 Å². The molecule has 0 aromatic carbocycles. The van der Waals surface area contributed by atoms with Crippen molar-refractivity contribution < 1.29 is 45.0 Å². The standard InChI is InChI=1S/C12H21NO9/c1-5(15)13-9-8(7(17)6(16)3-14)22-12(21,10(18)19)4-11(9,2)20/h6-9,14,16-17,20-21H,3-4H2,1-2H3,(H,13,15)(H,18,19)/p-1/t6-,7-,8+,9+,11-,12+/m1/s1. The molecule has 0 saturated carbocycles. The molecule has 10 nitrogen and oxygen atoms in total. The van der Waals surface area contributed by atoms with Gasteiger partial charge in [0, 0.05) is 13.3 Å². The average Bonchev–Trinajstić information content (AvgIpc) is 2.38. The van der Waals surface area contributed by atoms with Crippen LogP contribution in [0, 0.1) is 0 Å². The normalized spacial score (nSPS) is 38.1. The van der Waals surface area contributed by atoms with Crippen LogP contribution in [0.15, 0.2) is 0 Å². The summed E-state index contributed by atoms with van der Waals surface area (Å²) in [5, 5.41) is 61.8. The van der Waals surface area contributed by atoms with Crippen LogP contribution in [-0.4, -0.2) is 79.8 Å². The fraction of sp³-hybridized carbons (Fsp3) is 0.833. The van der Waals surface area contributed by atoms with Crippen molar-refractivity contribution in [1.29, 1.82) is 0 Å². The molecule has 0 unspecified atom stereocenters. The average molecular weight is 322 g/mol. The number of amides is 1. The van der Waals surface area contributed by atoms with Gasteiger partial charge in [0.1, 0.15) is 24.3 Å². The first kappa shape index (κ1) is 18.7. The number of carboxylic acid groups (broad SMARTS) is 1. The Kier molecular flexibility index (Phi) is 5.49. The molecule has 6 atom stereocenters. The molecule has 0 radical (unpaired) electrons. The minimum absolute atomic E-state index is 0.622. The maximum Gasteiger partial charge on any atom is 0.217 e. The Morgan fingerprint density at radius 3 is 2.36 bits per heavy atom. The van der Waals surface area contributed by atoms with Gasteiger partial charge in [-0.3, -0.25) is 4.79 Å². The van der Waals surface area contributed by atoms with Crippen molar-refractivity contribution in [2.24, 2.45) is 0 Å². The molecule has 0 aliphatic carbocycles. The third-order valence-corrected chi connectivity index (χ3v) is 3.52. The Balaban J connectivity index is 3.22. The van der Waals surface area contributed by atoms with Crippen molar-refractivity contribution >= 4 is 11.9 Å². The van der Waals surface area contributed by atoms with Crippen LogP contribution < -0.4 is 10.4 Å². The van der Waals surface area contributed by atoms with Gasteiger partial charge >= 0.3 is 0 Å². The molecule has 22 heavy (non-hydrogen) atoms. The summed E-state index contributed by atoms with van der Waals surface area (Å²) in [5.74, 6) is -5.60. The molecule has 128 valence electrons. The molecule has 1 rings (SSSR count). The van der Waals surface area contributed by atoms with E-state index >= 15 is 0 Å². The number of nitrogens with one attached hydrogen (secondary N) is 1. The summed E-state index contributed by atoms with van der Waals surface area (Å²) >= 11 is 0. The zero-order chi connectivity index (χ0) is 17.3.